The van der Waals surface area contributed by atoms with Crippen LogP contribution in [0.2, 0.25) is 0 Å². The number of hydrogen-bond donors (Lipinski definition) is 2. The average Bonchev–Trinajstić information content (AvgIpc) is 2.61. The number of carbonyl (C=O) groups excluding carboxylic acids is 1. The van der Waals surface area contributed by atoms with Crippen molar-refractivity contribution < 1.29 is 14.6 Å². The van der Waals surface area contributed by atoms with Crippen LogP contribution in [0.4, 0.5) is 4.79 Å². The van der Waals surface area contributed by atoms with E-state index in [1.165, 1.54) is 0 Å². The molecule has 1 aliphatic carbocycles. The van der Waals surface area contributed by atoms with Crippen molar-refractivity contribution >= 4 is 6.09 Å². The number of nitriles is 1. The summed E-state index contributed by atoms with van der Waals surface area (Å²) < 4.78 is 5.25. The Morgan fingerprint density at radius 3 is 2.72 bits per heavy atom. The largest absolute Gasteiger partial charge is 0.445 e. The SMILES string of the molecule is N#CCC1(O)CC(NC(=O)OCc2ccccc2)Cc2ccccc21. The Bertz CT molecular complexity index is 785. The molecule has 2 N–H and O–H groups in total. The van der Waals surface area contributed by atoms with Crippen molar-refractivity contribution in [3.8, 4) is 6.07 Å². The summed E-state index contributed by atoms with van der Waals surface area (Å²) >= 11 is 0. The molecule has 2 aromatic rings. The first-order chi connectivity index (χ1) is 12.1. The van der Waals surface area contributed by atoms with Gasteiger partial charge in [0.05, 0.1) is 12.5 Å². The minimum absolute atomic E-state index is 0.0126. The van der Waals surface area contributed by atoms with Gasteiger partial charge in [-0.2, -0.15) is 5.26 Å². The lowest BCUT2D eigenvalue weighted by molar-refractivity contribution is 0.0130. The smallest absolute Gasteiger partial charge is 0.407 e. The molecule has 0 heterocycles. The second-order valence-corrected chi connectivity index (χ2v) is 6.33. The number of alkyl carbamates (subject to hydrolysis) is 1. The van der Waals surface area contributed by atoms with Gasteiger partial charge in [0.1, 0.15) is 12.2 Å². The van der Waals surface area contributed by atoms with Crippen LogP contribution in [0.15, 0.2) is 54.6 Å². The number of carbonyl (C=O) groups is 1. The fourth-order valence-electron chi connectivity index (χ4n) is 3.34. The summed E-state index contributed by atoms with van der Waals surface area (Å²) in [5, 5.41) is 22.8. The van der Waals surface area contributed by atoms with Crippen molar-refractivity contribution in [1.29, 1.82) is 5.26 Å². The lowest BCUT2D eigenvalue weighted by Gasteiger charge is -2.37. The van der Waals surface area contributed by atoms with Gasteiger partial charge >= 0.3 is 6.09 Å². The zero-order valence-electron chi connectivity index (χ0n) is 13.8. The summed E-state index contributed by atoms with van der Waals surface area (Å²) in [7, 11) is 0. The van der Waals surface area contributed by atoms with Crippen molar-refractivity contribution in [2.24, 2.45) is 0 Å². The number of aliphatic hydroxyl groups is 1. The summed E-state index contributed by atoms with van der Waals surface area (Å²) in [6, 6.07) is 18.7. The highest BCUT2D eigenvalue weighted by Gasteiger charge is 2.39. The molecule has 2 unspecified atom stereocenters. The van der Waals surface area contributed by atoms with E-state index in [4.69, 9.17) is 10.00 Å². The molecule has 0 aromatic heterocycles. The van der Waals surface area contributed by atoms with Crippen LogP contribution in [0.1, 0.15) is 29.5 Å². The lowest BCUT2D eigenvalue weighted by Crippen LogP contribution is -2.46. The maximum Gasteiger partial charge on any atom is 0.407 e. The van der Waals surface area contributed by atoms with Gasteiger partial charge in [-0.1, -0.05) is 54.6 Å². The summed E-state index contributed by atoms with van der Waals surface area (Å²) in [6.45, 7) is 0.193. The third-order valence-electron chi connectivity index (χ3n) is 4.48. The fourth-order valence-corrected chi connectivity index (χ4v) is 3.34. The van der Waals surface area contributed by atoms with E-state index < -0.39 is 11.7 Å². The minimum Gasteiger partial charge on any atom is -0.445 e. The van der Waals surface area contributed by atoms with Crippen molar-refractivity contribution in [3.63, 3.8) is 0 Å². The molecule has 1 aliphatic rings. The number of ether oxygens (including phenoxy) is 1. The normalized spacial score (nSPS) is 21.7. The van der Waals surface area contributed by atoms with Crippen LogP contribution in [-0.2, 0) is 23.4 Å². The first-order valence-electron chi connectivity index (χ1n) is 8.26. The Balaban J connectivity index is 1.65. The molecule has 128 valence electrons. The molecule has 0 fully saturated rings. The van der Waals surface area contributed by atoms with Crippen LogP contribution in [0, 0.1) is 11.3 Å². The van der Waals surface area contributed by atoms with Gasteiger partial charge in [0, 0.05) is 12.5 Å². The lowest BCUT2D eigenvalue weighted by atomic mass is 9.75. The van der Waals surface area contributed by atoms with E-state index in [1.54, 1.807) is 0 Å². The molecule has 2 atom stereocenters. The molecule has 1 amide bonds. The molecule has 3 rings (SSSR count). The van der Waals surface area contributed by atoms with Crippen molar-refractivity contribution in [3.05, 3.63) is 71.3 Å². The number of hydrogen-bond acceptors (Lipinski definition) is 4. The van der Waals surface area contributed by atoms with Gasteiger partial charge in [-0.15, -0.1) is 0 Å². The third kappa shape index (κ3) is 3.98. The van der Waals surface area contributed by atoms with Crippen LogP contribution in [0.5, 0.6) is 0 Å². The van der Waals surface area contributed by atoms with Crippen LogP contribution >= 0.6 is 0 Å². The highest BCUT2D eigenvalue weighted by atomic mass is 16.5. The Morgan fingerprint density at radius 2 is 1.96 bits per heavy atom. The molecular formula is C20H20N2O3. The quantitative estimate of drug-likeness (QED) is 0.899. The second-order valence-electron chi connectivity index (χ2n) is 6.33. The standard InChI is InChI=1S/C20H20N2O3/c21-11-10-20(24)13-17(12-16-8-4-5-9-18(16)20)22-19(23)25-14-15-6-2-1-3-7-15/h1-9,17,24H,10,12-14H2,(H,22,23). The molecule has 0 radical (unpaired) electrons. The van der Waals surface area contributed by atoms with Gasteiger partial charge in [0.2, 0.25) is 0 Å². The number of benzene rings is 2. The molecule has 0 bridgehead atoms. The van der Waals surface area contributed by atoms with E-state index in [1.807, 2.05) is 60.7 Å². The minimum atomic E-state index is -1.25. The predicted molar refractivity (Wildman–Crippen MR) is 92.4 cm³/mol. The topological polar surface area (TPSA) is 82.4 Å². The zero-order chi connectivity index (χ0) is 17.7. The molecule has 2 aromatic carbocycles. The first kappa shape index (κ1) is 17.0. The number of nitrogens with zero attached hydrogens (tertiary/aromatic N) is 1. The number of fused-ring (bicyclic) bond motifs is 1. The Morgan fingerprint density at radius 1 is 1.24 bits per heavy atom. The highest BCUT2D eigenvalue weighted by molar-refractivity contribution is 5.67. The highest BCUT2D eigenvalue weighted by Crippen LogP contribution is 2.37. The van der Waals surface area contributed by atoms with E-state index in [0.29, 0.717) is 6.42 Å². The molecule has 5 nitrogen and oxygen atoms in total. The van der Waals surface area contributed by atoms with Crippen LogP contribution in [0.25, 0.3) is 0 Å². The molecule has 0 saturated heterocycles. The molecule has 0 spiro atoms. The summed E-state index contributed by atoms with van der Waals surface area (Å²) in [6.07, 6.45) is 0.358. The van der Waals surface area contributed by atoms with E-state index in [0.717, 1.165) is 16.7 Å². The van der Waals surface area contributed by atoms with Gasteiger partial charge < -0.3 is 15.2 Å². The van der Waals surface area contributed by atoms with Crippen LogP contribution in [0.3, 0.4) is 0 Å². The third-order valence-corrected chi connectivity index (χ3v) is 4.48. The zero-order valence-corrected chi connectivity index (χ0v) is 13.8. The van der Waals surface area contributed by atoms with Gasteiger partial charge in [0.25, 0.3) is 0 Å². The monoisotopic (exact) mass is 336 g/mol. The van der Waals surface area contributed by atoms with E-state index in [9.17, 15) is 9.90 Å². The summed E-state index contributed by atoms with van der Waals surface area (Å²) in [5.41, 5.74) is 1.38. The van der Waals surface area contributed by atoms with Crippen molar-refractivity contribution in [2.75, 3.05) is 0 Å². The summed E-state index contributed by atoms with van der Waals surface area (Å²) in [4.78, 5) is 12.1. The summed E-state index contributed by atoms with van der Waals surface area (Å²) in [5.74, 6) is 0. The average molecular weight is 336 g/mol. The molecular weight excluding hydrogens is 316 g/mol. The van der Waals surface area contributed by atoms with Crippen molar-refractivity contribution in [2.45, 2.75) is 37.5 Å². The fraction of sp³-hybridized carbons (Fsp3) is 0.300. The maximum atomic E-state index is 12.1. The second kappa shape index (κ2) is 7.37. The van der Waals surface area contributed by atoms with Gasteiger partial charge in [0.15, 0.2) is 0 Å². The maximum absolute atomic E-state index is 12.1. The Hall–Kier alpha value is -2.84. The molecule has 0 aliphatic heterocycles. The van der Waals surface area contributed by atoms with Crippen molar-refractivity contribution in [1.82, 2.24) is 5.32 Å². The van der Waals surface area contributed by atoms with Crippen LogP contribution in [-0.4, -0.2) is 17.2 Å². The van der Waals surface area contributed by atoms with E-state index in [-0.39, 0.29) is 25.5 Å². The van der Waals surface area contributed by atoms with Gasteiger partial charge in [-0.3, -0.25) is 0 Å². The van der Waals surface area contributed by atoms with E-state index >= 15 is 0 Å². The molecule has 0 saturated carbocycles. The van der Waals surface area contributed by atoms with Gasteiger partial charge in [-0.25, -0.2) is 4.79 Å². The molecule has 5 heteroatoms. The molecule has 25 heavy (non-hydrogen) atoms. The first-order valence-corrected chi connectivity index (χ1v) is 8.26. The Kier molecular flexibility index (Phi) is 5.01. The van der Waals surface area contributed by atoms with Crippen LogP contribution < -0.4 is 5.32 Å². The Labute approximate surface area is 146 Å². The van der Waals surface area contributed by atoms with E-state index in [2.05, 4.69) is 5.32 Å². The number of amides is 1. The predicted octanol–water partition coefficient (Wildman–Crippen LogP) is 3.03. The number of rotatable bonds is 4. The van der Waals surface area contributed by atoms with Gasteiger partial charge in [-0.05, 0) is 23.1 Å². The number of nitrogens with one attached hydrogen (secondary N) is 1.